The number of hydrogen-bond acceptors (Lipinski definition) is 4. The first kappa shape index (κ1) is 19.8. The predicted molar refractivity (Wildman–Crippen MR) is 102 cm³/mol. The molecule has 1 saturated heterocycles. The summed E-state index contributed by atoms with van der Waals surface area (Å²) in [5, 5.41) is 0. The quantitative estimate of drug-likeness (QED) is 0.713. The van der Waals surface area contributed by atoms with Crippen molar-refractivity contribution in [1.29, 1.82) is 0 Å². The van der Waals surface area contributed by atoms with Crippen molar-refractivity contribution in [3.8, 4) is 5.75 Å². The number of anilines is 1. The molecule has 28 heavy (non-hydrogen) atoms. The topological polar surface area (TPSA) is 49.9 Å². The van der Waals surface area contributed by atoms with E-state index in [0.717, 1.165) is 0 Å². The van der Waals surface area contributed by atoms with Gasteiger partial charge in [0.2, 0.25) is 5.91 Å². The Kier molecular flexibility index (Phi) is 6.23. The van der Waals surface area contributed by atoms with Crippen LogP contribution in [-0.2, 0) is 4.79 Å². The fourth-order valence-corrected chi connectivity index (χ4v) is 3.12. The minimum absolute atomic E-state index is 0.0332. The molecule has 0 spiro atoms. The van der Waals surface area contributed by atoms with Crippen molar-refractivity contribution in [2.24, 2.45) is 0 Å². The van der Waals surface area contributed by atoms with Gasteiger partial charge in [0.15, 0.2) is 5.78 Å². The van der Waals surface area contributed by atoms with Gasteiger partial charge in [0.25, 0.3) is 0 Å². The monoisotopic (exact) mass is 388 g/mol. The van der Waals surface area contributed by atoms with Gasteiger partial charge in [0.05, 0.1) is 18.7 Å². The van der Waals surface area contributed by atoms with Gasteiger partial charge in [-0.25, -0.2) is 8.78 Å². The van der Waals surface area contributed by atoms with Gasteiger partial charge < -0.3 is 14.5 Å². The average Bonchev–Trinajstić information content (AvgIpc) is 2.69. The zero-order chi connectivity index (χ0) is 20.1. The van der Waals surface area contributed by atoms with Crippen LogP contribution in [-0.4, -0.2) is 49.4 Å². The van der Waals surface area contributed by atoms with Gasteiger partial charge in [-0.1, -0.05) is 0 Å². The van der Waals surface area contributed by atoms with E-state index in [-0.39, 0.29) is 30.5 Å². The molecule has 5 nitrogen and oxygen atoms in total. The highest BCUT2D eigenvalue weighted by atomic mass is 19.1. The zero-order valence-electron chi connectivity index (χ0n) is 15.7. The minimum Gasteiger partial charge on any atom is -0.493 e. The van der Waals surface area contributed by atoms with Gasteiger partial charge in [0.1, 0.15) is 17.4 Å². The Balaban J connectivity index is 1.47. The molecule has 3 rings (SSSR count). The number of ether oxygens (including phenoxy) is 1. The summed E-state index contributed by atoms with van der Waals surface area (Å²) in [5.74, 6) is -0.463. The molecule has 1 amide bonds. The van der Waals surface area contributed by atoms with Crippen LogP contribution in [0.25, 0.3) is 0 Å². The van der Waals surface area contributed by atoms with Crippen LogP contribution in [0.2, 0.25) is 0 Å². The average molecular weight is 388 g/mol. The molecule has 1 heterocycles. The smallest absolute Gasteiger partial charge is 0.226 e. The molecule has 0 aliphatic carbocycles. The molecule has 0 radical (unpaired) electrons. The van der Waals surface area contributed by atoms with Crippen molar-refractivity contribution in [1.82, 2.24) is 4.90 Å². The van der Waals surface area contributed by atoms with Crippen LogP contribution in [0.15, 0.2) is 42.5 Å². The Morgan fingerprint density at radius 3 is 2.29 bits per heavy atom. The molecule has 0 atom stereocenters. The molecular weight excluding hydrogens is 366 g/mol. The van der Waals surface area contributed by atoms with E-state index in [2.05, 4.69) is 0 Å². The van der Waals surface area contributed by atoms with Gasteiger partial charge >= 0.3 is 0 Å². The molecular formula is C21H22F2N2O3. The van der Waals surface area contributed by atoms with Crippen LogP contribution in [0.3, 0.4) is 0 Å². The molecule has 0 aromatic heterocycles. The van der Waals surface area contributed by atoms with E-state index in [1.54, 1.807) is 17.0 Å². The number of carbonyl (C=O) groups is 2. The van der Waals surface area contributed by atoms with Crippen molar-refractivity contribution in [3.63, 3.8) is 0 Å². The molecule has 1 aliphatic rings. The summed E-state index contributed by atoms with van der Waals surface area (Å²) in [7, 11) is 0. The van der Waals surface area contributed by atoms with Crippen molar-refractivity contribution >= 4 is 17.4 Å². The van der Waals surface area contributed by atoms with E-state index < -0.39 is 5.82 Å². The number of carbonyl (C=O) groups excluding carboxylic acids is 2. The first-order chi connectivity index (χ1) is 13.4. The molecule has 0 bridgehead atoms. The molecule has 2 aromatic carbocycles. The van der Waals surface area contributed by atoms with E-state index in [1.807, 2.05) is 4.90 Å². The molecule has 2 aromatic rings. The summed E-state index contributed by atoms with van der Waals surface area (Å²) in [5.41, 5.74) is 0.785. The lowest BCUT2D eigenvalue weighted by atomic mass is 10.1. The number of amides is 1. The lowest BCUT2D eigenvalue weighted by molar-refractivity contribution is -0.132. The van der Waals surface area contributed by atoms with Gasteiger partial charge in [-0.05, 0) is 49.4 Å². The molecule has 0 saturated carbocycles. The fourth-order valence-electron chi connectivity index (χ4n) is 3.12. The van der Waals surface area contributed by atoms with E-state index in [9.17, 15) is 18.4 Å². The molecule has 1 fully saturated rings. The lowest BCUT2D eigenvalue weighted by Gasteiger charge is -2.36. The third kappa shape index (κ3) is 4.85. The van der Waals surface area contributed by atoms with E-state index in [1.165, 1.54) is 37.3 Å². The second-order valence-electron chi connectivity index (χ2n) is 6.64. The molecule has 1 aliphatic heterocycles. The standard InChI is InChI=1S/C21H22F2N2O3/c1-15(26)16-2-7-20(19(23)14-16)24-9-11-25(12-10-24)21(27)8-13-28-18-5-3-17(22)4-6-18/h2-7,14H,8-13H2,1H3. The summed E-state index contributed by atoms with van der Waals surface area (Å²) in [6.45, 7) is 3.62. The van der Waals surface area contributed by atoms with Crippen LogP contribution in [0, 0.1) is 11.6 Å². The highest BCUT2D eigenvalue weighted by Gasteiger charge is 2.23. The predicted octanol–water partition coefficient (Wildman–Crippen LogP) is 3.29. The van der Waals surface area contributed by atoms with Crippen LogP contribution in [0.1, 0.15) is 23.7 Å². The molecule has 0 unspecified atom stereocenters. The molecule has 0 N–H and O–H groups in total. The van der Waals surface area contributed by atoms with Gasteiger partial charge in [-0.3, -0.25) is 9.59 Å². The maximum atomic E-state index is 14.3. The maximum Gasteiger partial charge on any atom is 0.226 e. The van der Waals surface area contributed by atoms with Crippen LogP contribution in [0.5, 0.6) is 5.75 Å². The Morgan fingerprint density at radius 1 is 1.00 bits per heavy atom. The fraction of sp³-hybridized carbons (Fsp3) is 0.333. The second kappa shape index (κ2) is 8.82. The summed E-state index contributed by atoms with van der Waals surface area (Å²) >= 11 is 0. The number of hydrogen-bond donors (Lipinski definition) is 0. The van der Waals surface area contributed by atoms with Crippen molar-refractivity contribution in [2.45, 2.75) is 13.3 Å². The Labute approximate surface area is 162 Å². The van der Waals surface area contributed by atoms with E-state index in [4.69, 9.17) is 4.74 Å². The Bertz CT molecular complexity index is 847. The van der Waals surface area contributed by atoms with Crippen LogP contribution < -0.4 is 9.64 Å². The van der Waals surface area contributed by atoms with Crippen molar-refractivity contribution in [3.05, 3.63) is 59.7 Å². The number of halogens is 2. The Hall–Kier alpha value is -2.96. The second-order valence-corrected chi connectivity index (χ2v) is 6.64. The summed E-state index contributed by atoms with van der Waals surface area (Å²) in [6.07, 6.45) is 0.221. The number of ketones is 1. The molecule has 148 valence electrons. The van der Waals surface area contributed by atoms with E-state index in [0.29, 0.717) is 43.2 Å². The summed E-state index contributed by atoms with van der Waals surface area (Å²) < 4.78 is 32.6. The highest BCUT2D eigenvalue weighted by molar-refractivity contribution is 5.94. The van der Waals surface area contributed by atoms with Gasteiger partial charge in [-0.15, -0.1) is 0 Å². The third-order valence-electron chi connectivity index (χ3n) is 4.73. The minimum atomic E-state index is -0.430. The first-order valence-corrected chi connectivity index (χ1v) is 9.15. The molecule has 7 heteroatoms. The third-order valence-corrected chi connectivity index (χ3v) is 4.73. The lowest BCUT2D eigenvalue weighted by Crippen LogP contribution is -2.49. The SMILES string of the molecule is CC(=O)c1ccc(N2CCN(C(=O)CCOc3ccc(F)cc3)CC2)c(F)c1. The normalized spacial score (nSPS) is 14.1. The van der Waals surface area contributed by atoms with Crippen LogP contribution >= 0.6 is 0 Å². The maximum absolute atomic E-state index is 14.3. The van der Waals surface area contributed by atoms with Crippen molar-refractivity contribution in [2.75, 3.05) is 37.7 Å². The number of rotatable bonds is 6. The number of Topliss-reactive ketones (excluding diaryl/α,β-unsaturated/α-hetero) is 1. The van der Waals surface area contributed by atoms with E-state index >= 15 is 0 Å². The summed E-state index contributed by atoms with van der Waals surface area (Å²) in [6, 6.07) is 10.1. The highest BCUT2D eigenvalue weighted by Crippen LogP contribution is 2.22. The summed E-state index contributed by atoms with van der Waals surface area (Å²) in [4.78, 5) is 27.3. The van der Waals surface area contributed by atoms with Gasteiger partial charge in [0, 0.05) is 31.7 Å². The largest absolute Gasteiger partial charge is 0.493 e. The van der Waals surface area contributed by atoms with Crippen molar-refractivity contribution < 1.29 is 23.1 Å². The number of benzene rings is 2. The number of nitrogens with zero attached hydrogens (tertiary/aromatic N) is 2. The first-order valence-electron chi connectivity index (χ1n) is 9.15. The Morgan fingerprint density at radius 2 is 1.68 bits per heavy atom. The van der Waals surface area contributed by atoms with Gasteiger partial charge in [-0.2, -0.15) is 0 Å². The zero-order valence-corrected chi connectivity index (χ0v) is 15.7. The number of piperazine rings is 1. The van der Waals surface area contributed by atoms with Crippen LogP contribution in [0.4, 0.5) is 14.5 Å².